The first-order chi connectivity index (χ1) is 35.1. The Morgan fingerprint density at radius 3 is 1.76 bits per heavy atom. The van der Waals surface area contributed by atoms with E-state index in [0.29, 0.717) is 24.3 Å². The number of H-pyrrole nitrogens is 3. The van der Waals surface area contributed by atoms with E-state index >= 15 is 0 Å². The Kier molecular flexibility index (Phi) is 26.6. The zero-order valence-corrected chi connectivity index (χ0v) is 54.1. The molecule has 0 aliphatic carbocycles. The van der Waals surface area contributed by atoms with Gasteiger partial charge in [0.15, 0.2) is 11.5 Å². The SMILES string of the molecule is COc1cc(N=Nc2cc(S(=O)(=O)[O-])ccc2[O-])c(N=Nc2c(S(=O)(=O)[O-])cc3cc(Nc4nc(F)nc(=NC(C)CN=c5nc(F)[nH]c(=Nc6cc(S(=O)(=O)[O-])ccc6S(=O)(=O)[O-])[nH]5)[nH]4)ccc3c2[O-])cc1OC.[Cu+2].[Na+].[Na+].[Na+].[Na+]. The number of fused-ring (bicyclic) bond motifs is 1. The number of aromatic amines is 3. The average Bonchev–Trinajstić information content (AvgIpc) is 3.31. The van der Waals surface area contributed by atoms with Crippen LogP contribution in [0.3, 0.4) is 0 Å². The summed E-state index contributed by atoms with van der Waals surface area (Å²) >= 11 is 0. The molecule has 5 aromatic carbocycles. The van der Waals surface area contributed by atoms with E-state index in [1.54, 1.807) is 0 Å². The molecule has 0 aliphatic heterocycles. The Balaban J connectivity index is 0.00000437. The van der Waals surface area contributed by atoms with Crippen molar-refractivity contribution in [3.05, 3.63) is 102 Å². The van der Waals surface area contributed by atoms with Crippen LogP contribution in [0, 0.1) is 12.2 Å². The van der Waals surface area contributed by atoms with Gasteiger partial charge in [-0.3, -0.25) is 15.0 Å². The van der Waals surface area contributed by atoms with Gasteiger partial charge in [-0.25, -0.2) is 48.6 Å². The molecule has 1 radical (unpaired) electrons. The second kappa shape index (κ2) is 29.5. The van der Waals surface area contributed by atoms with Gasteiger partial charge in [-0.15, -0.1) is 15.3 Å². The summed E-state index contributed by atoms with van der Waals surface area (Å²) in [6, 6.07) is 9.64. The summed E-state index contributed by atoms with van der Waals surface area (Å²) in [7, 11) is -18.5. The summed E-state index contributed by atoms with van der Waals surface area (Å²) in [6.07, 6.45) is -2.69. The molecule has 4 N–H and O–H groups in total. The van der Waals surface area contributed by atoms with Crippen LogP contribution in [0.15, 0.2) is 128 Å². The largest absolute Gasteiger partial charge is 2.00 e. The van der Waals surface area contributed by atoms with E-state index in [-0.39, 0.29) is 187 Å². The molecule has 403 valence electrons. The van der Waals surface area contributed by atoms with E-state index in [1.165, 1.54) is 45.4 Å². The number of ether oxygens (including phenoxy) is 2. The number of aromatic nitrogens is 6. The molecule has 0 saturated heterocycles. The molecular formula is C39H28CuF2N14Na4O16S4. The molecular weight excluding hydrogens is 1240 g/mol. The van der Waals surface area contributed by atoms with Crippen molar-refractivity contribution in [1.82, 2.24) is 29.9 Å². The number of azo groups is 2. The summed E-state index contributed by atoms with van der Waals surface area (Å²) in [4.78, 5) is 25.5. The Morgan fingerprint density at radius 2 is 1.19 bits per heavy atom. The van der Waals surface area contributed by atoms with Crippen molar-refractivity contribution >= 4 is 91.3 Å². The molecule has 1 unspecified atom stereocenters. The van der Waals surface area contributed by atoms with Crippen molar-refractivity contribution in [2.24, 2.45) is 35.4 Å². The summed E-state index contributed by atoms with van der Waals surface area (Å²) in [5.74, 6) is -2.31. The molecule has 0 spiro atoms. The Morgan fingerprint density at radius 1 is 0.625 bits per heavy atom. The van der Waals surface area contributed by atoms with Crippen LogP contribution in [0.25, 0.3) is 10.8 Å². The van der Waals surface area contributed by atoms with Gasteiger partial charge < -0.3 is 43.2 Å². The van der Waals surface area contributed by atoms with Crippen LogP contribution < -0.4 is 160 Å². The molecule has 0 amide bonds. The standard InChI is InChI=1S/C39H34F2N14O16S4.Cu.4Na/c1-17(16-42-36-46-34(40)49-39(50-36)45-26-13-21(73(61,62)63)6-9-30(26)74(64,65)66)43-37-47-35(41)48-38(51-37)44-19-4-7-22-18(10-19)11-31(75(67,68)69)32(33(22)57)55-53-24-15-29(71-3)28(70-2)14-23(24)52-54-25-12-20(72(58,59)60)5-8-27(25)56;;;;;/h4-15,17,56-57H,16H2,1-3H3,(H,58,59,60)(H,61,62,63)(H,64,65,66)(H,67,68,69)(H2,42,45,46,49,50)(H2,43,44,47,48,51);;;;;/q;+2;4*+1/p-6. The Bertz CT molecular complexity index is 4240. The van der Waals surface area contributed by atoms with Crippen molar-refractivity contribution in [2.75, 3.05) is 26.1 Å². The number of anilines is 2. The van der Waals surface area contributed by atoms with Gasteiger partial charge in [0.05, 0.1) is 63.5 Å². The van der Waals surface area contributed by atoms with Crippen LogP contribution in [0.5, 0.6) is 23.0 Å². The van der Waals surface area contributed by atoms with Crippen LogP contribution in [-0.2, 0) is 57.5 Å². The van der Waals surface area contributed by atoms with Gasteiger partial charge in [0.25, 0.3) is 6.08 Å². The minimum Gasteiger partial charge on any atom is -0.871 e. The van der Waals surface area contributed by atoms with Crippen molar-refractivity contribution in [3.8, 4) is 23.0 Å². The summed E-state index contributed by atoms with van der Waals surface area (Å²) in [5, 5.41) is 43.9. The zero-order valence-electron chi connectivity index (χ0n) is 41.9. The van der Waals surface area contributed by atoms with Gasteiger partial charge >= 0.3 is 141 Å². The van der Waals surface area contributed by atoms with Crippen LogP contribution >= 0.6 is 0 Å². The van der Waals surface area contributed by atoms with Gasteiger partial charge in [0.2, 0.25) is 22.8 Å². The van der Waals surface area contributed by atoms with E-state index in [2.05, 4.69) is 65.7 Å². The number of benzene rings is 5. The van der Waals surface area contributed by atoms with Crippen LogP contribution in [0.2, 0.25) is 0 Å². The summed E-state index contributed by atoms with van der Waals surface area (Å²) in [5.41, 5.74) is -4.54. The first-order valence-electron chi connectivity index (χ1n) is 20.1. The molecule has 7 aromatic rings. The van der Waals surface area contributed by atoms with Crippen molar-refractivity contribution in [1.29, 1.82) is 0 Å². The number of hydrogen-bond acceptors (Lipinski definition) is 27. The maximum absolute atomic E-state index is 14.7. The Hall–Kier alpha value is -4.00. The van der Waals surface area contributed by atoms with Crippen LogP contribution in [0.4, 0.5) is 48.9 Å². The van der Waals surface area contributed by atoms with Crippen molar-refractivity contribution in [2.45, 2.75) is 32.5 Å². The topological polar surface area (TPSA) is 478 Å². The van der Waals surface area contributed by atoms with Crippen molar-refractivity contribution < 1.29 is 216 Å². The third-order valence-electron chi connectivity index (χ3n) is 9.64. The molecule has 30 nitrogen and oxygen atoms in total. The molecule has 2 aromatic heterocycles. The third kappa shape index (κ3) is 18.5. The average molecular weight is 1270 g/mol. The van der Waals surface area contributed by atoms with Crippen molar-refractivity contribution in [3.63, 3.8) is 0 Å². The van der Waals surface area contributed by atoms with E-state index in [9.17, 15) is 70.9 Å². The second-order valence-electron chi connectivity index (χ2n) is 14.8. The maximum atomic E-state index is 14.7. The van der Waals surface area contributed by atoms with E-state index in [4.69, 9.17) is 9.47 Å². The molecule has 1 atom stereocenters. The van der Waals surface area contributed by atoms with E-state index in [0.717, 1.165) is 24.3 Å². The second-order valence-corrected chi connectivity index (χ2v) is 20.3. The smallest absolute Gasteiger partial charge is 0.871 e. The molecule has 0 fully saturated rings. The molecule has 2 heterocycles. The molecule has 0 bridgehead atoms. The van der Waals surface area contributed by atoms with Gasteiger partial charge in [-0.2, -0.15) is 28.8 Å². The minimum atomic E-state index is -5.51. The number of rotatable bonds is 16. The van der Waals surface area contributed by atoms with Gasteiger partial charge in [0.1, 0.15) is 51.8 Å². The van der Waals surface area contributed by atoms with E-state index in [1.807, 2.05) is 4.98 Å². The maximum Gasteiger partial charge on any atom is 2.00 e. The fourth-order valence-corrected chi connectivity index (χ4v) is 8.56. The van der Waals surface area contributed by atoms with Crippen LogP contribution in [0.1, 0.15) is 6.92 Å². The van der Waals surface area contributed by atoms with E-state index < -0.39 is 124 Å². The summed E-state index contributed by atoms with van der Waals surface area (Å²) in [6.45, 7) is 1.10. The monoisotopic (exact) mass is 1270 g/mol. The molecule has 7 rings (SSSR count). The third-order valence-corrected chi connectivity index (χ3v) is 13.0. The molecule has 41 heteroatoms. The number of nitrogens with one attached hydrogen (secondary N) is 4. The molecule has 0 saturated carbocycles. The summed E-state index contributed by atoms with van der Waals surface area (Å²) < 4.78 is 182. The zero-order chi connectivity index (χ0) is 54.8. The molecule has 80 heavy (non-hydrogen) atoms. The number of nitrogens with zero attached hydrogens (tertiary/aromatic N) is 10. The first-order valence-corrected chi connectivity index (χ1v) is 25.7. The van der Waals surface area contributed by atoms with Crippen LogP contribution in [-0.4, -0.2) is 109 Å². The predicted molar refractivity (Wildman–Crippen MR) is 239 cm³/mol. The number of methoxy groups -OCH3 is 2. The fraction of sp³-hybridized carbons (Fsp3) is 0.128. The fourth-order valence-electron chi connectivity index (χ4n) is 6.34. The predicted octanol–water partition coefficient (Wildman–Crippen LogP) is -10.2. The number of halogens is 2. The Labute approximate surface area is 549 Å². The minimum absolute atomic E-state index is 0. The quantitative estimate of drug-likeness (QED) is 0.0396. The molecule has 0 aliphatic rings. The van der Waals surface area contributed by atoms with Gasteiger partial charge in [0, 0.05) is 17.8 Å². The van der Waals surface area contributed by atoms with Gasteiger partial charge in [-0.1, -0.05) is 23.6 Å². The number of hydrogen-bond donors (Lipinski definition) is 4. The van der Waals surface area contributed by atoms with Gasteiger partial charge in [-0.05, 0) is 66.2 Å². The first kappa shape index (κ1) is 72.1. The normalized spacial score (nSPS) is 12.9.